The van der Waals surface area contributed by atoms with E-state index in [0.29, 0.717) is 6.04 Å². The standard InChI is InChI=1S/C16H24N4O/c1-16(2,3)14-9-17-15(21-14)11-20-7-5-6-13(20)12-8-18-19(4)10-12/h8-10,13H,5-7,11H2,1-4H3/t13-/m1/s1. The second-order valence-electron chi connectivity index (χ2n) is 6.94. The summed E-state index contributed by atoms with van der Waals surface area (Å²) in [6.45, 7) is 8.30. The van der Waals surface area contributed by atoms with E-state index in [0.717, 1.165) is 24.7 Å². The molecule has 2 aromatic heterocycles. The average molecular weight is 288 g/mol. The van der Waals surface area contributed by atoms with E-state index >= 15 is 0 Å². The van der Waals surface area contributed by atoms with Gasteiger partial charge < -0.3 is 4.42 Å². The number of aryl methyl sites for hydroxylation is 1. The number of likely N-dealkylation sites (tertiary alicyclic amines) is 1. The van der Waals surface area contributed by atoms with Gasteiger partial charge in [-0.2, -0.15) is 5.10 Å². The van der Waals surface area contributed by atoms with E-state index in [1.54, 1.807) is 0 Å². The minimum Gasteiger partial charge on any atom is -0.444 e. The van der Waals surface area contributed by atoms with Gasteiger partial charge >= 0.3 is 0 Å². The molecule has 114 valence electrons. The normalized spacial score (nSPS) is 20.3. The van der Waals surface area contributed by atoms with Gasteiger partial charge in [0.15, 0.2) is 0 Å². The van der Waals surface area contributed by atoms with E-state index in [2.05, 4.69) is 42.0 Å². The zero-order valence-electron chi connectivity index (χ0n) is 13.3. The lowest BCUT2D eigenvalue weighted by Crippen LogP contribution is -2.22. The molecule has 0 aromatic carbocycles. The molecule has 0 N–H and O–H groups in total. The van der Waals surface area contributed by atoms with Crippen LogP contribution in [0.25, 0.3) is 0 Å². The Balaban J connectivity index is 1.73. The van der Waals surface area contributed by atoms with Crippen molar-refractivity contribution < 1.29 is 4.42 Å². The van der Waals surface area contributed by atoms with Crippen LogP contribution in [0.2, 0.25) is 0 Å². The largest absolute Gasteiger partial charge is 0.444 e. The lowest BCUT2D eigenvalue weighted by Gasteiger charge is -2.22. The maximum atomic E-state index is 5.93. The Morgan fingerprint density at radius 3 is 2.76 bits per heavy atom. The molecule has 21 heavy (non-hydrogen) atoms. The first-order valence-corrected chi connectivity index (χ1v) is 7.61. The summed E-state index contributed by atoms with van der Waals surface area (Å²) in [4.78, 5) is 6.89. The molecule has 0 radical (unpaired) electrons. The van der Waals surface area contributed by atoms with Gasteiger partial charge in [0.05, 0.1) is 18.9 Å². The molecule has 0 aliphatic carbocycles. The highest BCUT2D eigenvalue weighted by Crippen LogP contribution is 2.33. The minimum atomic E-state index is 0.0129. The zero-order chi connectivity index (χ0) is 15.0. The number of hydrogen-bond acceptors (Lipinski definition) is 4. The number of rotatable bonds is 3. The van der Waals surface area contributed by atoms with E-state index in [-0.39, 0.29) is 5.41 Å². The highest BCUT2D eigenvalue weighted by molar-refractivity contribution is 5.13. The molecule has 1 fully saturated rings. The van der Waals surface area contributed by atoms with E-state index in [9.17, 15) is 0 Å². The van der Waals surface area contributed by atoms with Crippen molar-refractivity contribution in [1.29, 1.82) is 0 Å². The third-order valence-corrected chi connectivity index (χ3v) is 4.10. The molecule has 3 heterocycles. The van der Waals surface area contributed by atoms with Crippen LogP contribution in [0, 0.1) is 0 Å². The van der Waals surface area contributed by atoms with Gasteiger partial charge in [-0.25, -0.2) is 4.98 Å². The van der Waals surface area contributed by atoms with Crippen molar-refractivity contribution in [2.24, 2.45) is 7.05 Å². The first kappa shape index (κ1) is 14.3. The van der Waals surface area contributed by atoms with Crippen LogP contribution in [-0.2, 0) is 19.0 Å². The van der Waals surface area contributed by atoms with Gasteiger partial charge in [0.2, 0.25) is 5.89 Å². The van der Waals surface area contributed by atoms with Crippen molar-refractivity contribution in [3.05, 3.63) is 35.8 Å². The van der Waals surface area contributed by atoms with Gasteiger partial charge in [-0.05, 0) is 19.4 Å². The minimum absolute atomic E-state index is 0.0129. The Morgan fingerprint density at radius 1 is 1.33 bits per heavy atom. The van der Waals surface area contributed by atoms with Crippen molar-refractivity contribution >= 4 is 0 Å². The molecule has 1 saturated heterocycles. The van der Waals surface area contributed by atoms with Gasteiger partial charge in [0.25, 0.3) is 0 Å². The predicted octanol–water partition coefficient (Wildman–Crippen LogP) is 3.04. The van der Waals surface area contributed by atoms with Gasteiger partial charge in [0.1, 0.15) is 5.76 Å². The molecule has 5 heteroatoms. The Morgan fingerprint density at radius 2 is 2.14 bits per heavy atom. The van der Waals surface area contributed by atoms with Gasteiger partial charge in [-0.15, -0.1) is 0 Å². The monoisotopic (exact) mass is 288 g/mol. The SMILES string of the molecule is Cn1cc([C@H]2CCCN2Cc2ncc(C(C)(C)C)o2)cn1. The van der Waals surface area contributed by atoms with Crippen LogP contribution in [-0.4, -0.2) is 26.2 Å². The molecule has 5 nitrogen and oxygen atoms in total. The summed E-state index contributed by atoms with van der Waals surface area (Å²) in [5, 5.41) is 4.29. The van der Waals surface area contributed by atoms with Crippen LogP contribution in [0.3, 0.4) is 0 Å². The summed E-state index contributed by atoms with van der Waals surface area (Å²) in [6, 6.07) is 0.434. The molecule has 1 atom stereocenters. The summed E-state index contributed by atoms with van der Waals surface area (Å²) in [5.41, 5.74) is 1.30. The molecule has 0 spiro atoms. The number of hydrogen-bond donors (Lipinski definition) is 0. The first-order valence-electron chi connectivity index (χ1n) is 7.61. The summed E-state index contributed by atoms with van der Waals surface area (Å²) in [6.07, 6.45) is 8.34. The van der Waals surface area contributed by atoms with E-state index < -0.39 is 0 Å². The smallest absolute Gasteiger partial charge is 0.208 e. The molecule has 0 bridgehead atoms. The van der Waals surface area contributed by atoms with Crippen LogP contribution in [0.1, 0.15) is 56.9 Å². The van der Waals surface area contributed by atoms with Crippen LogP contribution in [0.4, 0.5) is 0 Å². The summed E-state index contributed by atoms with van der Waals surface area (Å²) < 4.78 is 7.80. The first-order chi connectivity index (χ1) is 9.93. The topological polar surface area (TPSA) is 47.1 Å². The fourth-order valence-electron chi connectivity index (χ4n) is 2.91. The molecule has 2 aromatic rings. The lowest BCUT2D eigenvalue weighted by atomic mass is 9.94. The van der Waals surface area contributed by atoms with Crippen molar-refractivity contribution in [2.45, 2.75) is 51.6 Å². The highest BCUT2D eigenvalue weighted by atomic mass is 16.4. The van der Waals surface area contributed by atoms with Crippen LogP contribution in [0.5, 0.6) is 0 Å². The molecular weight excluding hydrogens is 264 g/mol. The van der Waals surface area contributed by atoms with E-state index in [1.165, 1.54) is 18.4 Å². The fourth-order valence-corrected chi connectivity index (χ4v) is 2.91. The van der Waals surface area contributed by atoms with Gasteiger partial charge in [0, 0.05) is 30.3 Å². The molecule has 0 saturated carbocycles. The van der Waals surface area contributed by atoms with Crippen molar-refractivity contribution in [3.8, 4) is 0 Å². The zero-order valence-corrected chi connectivity index (χ0v) is 13.3. The summed E-state index contributed by atoms with van der Waals surface area (Å²) >= 11 is 0. The molecular formula is C16H24N4O. The average Bonchev–Trinajstić information content (AvgIpc) is 3.08. The lowest BCUT2D eigenvalue weighted by molar-refractivity contribution is 0.218. The highest BCUT2D eigenvalue weighted by Gasteiger charge is 2.28. The second kappa shape index (κ2) is 5.30. The molecule has 1 aliphatic rings. The van der Waals surface area contributed by atoms with Crippen LogP contribution >= 0.6 is 0 Å². The van der Waals surface area contributed by atoms with Crippen LogP contribution in [0.15, 0.2) is 23.0 Å². The Hall–Kier alpha value is -1.62. The van der Waals surface area contributed by atoms with Crippen molar-refractivity contribution in [3.63, 3.8) is 0 Å². The summed E-state index contributed by atoms with van der Waals surface area (Å²) in [5.74, 6) is 1.77. The Bertz CT molecular complexity index is 608. The van der Waals surface area contributed by atoms with Crippen LogP contribution < -0.4 is 0 Å². The fraction of sp³-hybridized carbons (Fsp3) is 0.625. The van der Waals surface area contributed by atoms with Crippen molar-refractivity contribution in [2.75, 3.05) is 6.54 Å². The predicted molar refractivity (Wildman–Crippen MR) is 80.8 cm³/mol. The molecule has 1 aliphatic heterocycles. The van der Waals surface area contributed by atoms with Gasteiger partial charge in [-0.3, -0.25) is 9.58 Å². The molecule has 0 unspecified atom stereocenters. The second-order valence-corrected chi connectivity index (χ2v) is 6.94. The summed E-state index contributed by atoms with van der Waals surface area (Å²) in [7, 11) is 1.96. The molecule has 3 rings (SSSR count). The quantitative estimate of drug-likeness (QED) is 0.871. The Kier molecular flexibility index (Phi) is 3.61. The maximum absolute atomic E-state index is 5.93. The Labute approximate surface area is 126 Å². The third-order valence-electron chi connectivity index (χ3n) is 4.10. The number of aromatic nitrogens is 3. The number of nitrogens with zero attached hydrogens (tertiary/aromatic N) is 4. The third kappa shape index (κ3) is 3.02. The maximum Gasteiger partial charge on any atom is 0.208 e. The molecule has 0 amide bonds. The van der Waals surface area contributed by atoms with Crippen molar-refractivity contribution in [1.82, 2.24) is 19.7 Å². The van der Waals surface area contributed by atoms with E-state index in [4.69, 9.17) is 4.42 Å². The van der Waals surface area contributed by atoms with E-state index in [1.807, 2.05) is 24.1 Å². The number of oxazole rings is 1. The van der Waals surface area contributed by atoms with Gasteiger partial charge in [-0.1, -0.05) is 20.8 Å².